The molecular weight excluding hydrogens is 418 g/mol. The number of carbonyl (C=O) groups is 2. The third kappa shape index (κ3) is 5.28. The van der Waals surface area contributed by atoms with Crippen molar-refractivity contribution < 1.29 is 23.8 Å². The first-order valence-electron chi connectivity index (χ1n) is 10.3. The number of amides is 2. The predicted molar refractivity (Wildman–Crippen MR) is 120 cm³/mol. The molecule has 31 heavy (non-hydrogen) atoms. The van der Waals surface area contributed by atoms with Crippen LogP contribution in [0.5, 0.6) is 11.5 Å². The highest BCUT2D eigenvalue weighted by Gasteiger charge is 2.35. The van der Waals surface area contributed by atoms with E-state index >= 15 is 0 Å². The number of nitrogens with zero attached hydrogens (tertiary/aromatic N) is 2. The Bertz CT molecular complexity index is 943. The summed E-state index contributed by atoms with van der Waals surface area (Å²) in [6.07, 6.45) is 0.936. The van der Waals surface area contributed by atoms with Gasteiger partial charge < -0.3 is 19.5 Å². The summed E-state index contributed by atoms with van der Waals surface area (Å²) in [5.74, 6) is 1.26. The zero-order valence-electron chi connectivity index (χ0n) is 18.6. The number of hydrogen-bond acceptors (Lipinski definition) is 7. The zero-order valence-corrected chi connectivity index (χ0v) is 19.4. The van der Waals surface area contributed by atoms with Gasteiger partial charge in [-0.2, -0.15) is 0 Å². The molecule has 1 aromatic heterocycles. The zero-order chi connectivity index (χ0) is 22.5. The summed E-state index contributed by atoms with van der Waals surface area (Å²) in [6, 6.07) is 3.22. The van der Waals surface area contributed by atoms with Gasteiger partial charge in [0, 0.05) is 17.5 Å². The highest BCUT2D eigenvalue weighted by molar-refractivity contribution is 7.14. The van der Waals surface area contributed by atoms with Crippen molar-refractivity contribution in [2.75, 3.05) is 32.7 Å². The van der Waals surface area contributed by atoms with Gasteiger partial charge in [0.25, 0.3) is 0 Å². The Labute approximate surface area is 186 Å². The van der Waals surface area contributed by atoms with Gasteiger partial charge in [-0.25, -0.2) is 9.78 Å². The largest absolute Gasteiger partial charge is 0.493 e. The summed E-state index contributed by atoms with van der Waals surface area (Å²) in [7, 11) is 3.18. The van der Waals surface area contributed by atoms with Crippen molar-refractivity contribution in [1.29, 1.82) is 0 Å². The molecule has 3 rings (SSSR count). The molecule has 1 atom stereocenters. The number of aryl methyl sites for hydroxylation is 1. The Morgan fingerprint density at radius 3 is 2.65 bits per heavy atom. The molecule has 168 valence electrons. The average molecular weight is 448 g/mol. The number of aromatic nitrogens is 1. The number of benzene rings is 1. The summed E-state index contributed by atoms with van der Waals surface area (Å²) in [5.41, 5.74) is 2.61. The van der Waals surface area contributed by atoms with E-state index in [1.165, 1.54) is 16.2 Å². The molecule has 1 fully saturated rings. The average Bonchev–Trinajstić information content (AvgIpc) is 3.41. The van der Waals surface area contributed by atoms with Crippen molar-refractivity contribution in [1.82, 2.24) is 9.88 Å². The SMILES string of the molecule is COc1cc(C)c(-c2csc(NC(=O)C3CCCN3C(=O)OCC(C)C)n2)cc1OC. The molecule has 1 aliphatic rings. The molecule has 1 N–H and O–H groups in total. The summed E-state index contributed by atoms with van der Waals surface area (Å²) >= 11 is 1.34. The van der Waals surface area contributed by atoms with Gasteiger partial charge in [-0.05, 0) is 43.4 Å². The summed E-state index contributed by atoms with van der Waals surface area (Å²) in [6.45, 7) is 6.77. The van der Waals surface area contributed by atoms with Crippen LogP contribution < -0.4 is 14.8 Å². The lowest BCUT2D eigenvalue weighted by Gasteiger charge is -2.23. The van der Waals surface area contributed by atoms with E-state index < -0.39 is 12.1 Å². The van der Waals surface area contributed by atoms with Gasteiger partial charge in [0.1, 0.15) is 6.04 Å². The number of ether oxygens (including phenoxy) is 3. The molecule has 0 bridgehead atoms. The second kappa shape index (κ2) is 10.00. The highest BCUT2D eigenvalue weighted by atomic mass is 32.1. The van der Waals surface area contributed by atoms with Crippen molar-refractivity contribution in [2.45, 2.75) is 39.7 Å². The standard InChI is InChI=1S/C22H29N3O5S/c1-13(2)11-30-22(27)25-8-6-7-17(25)20(26)24-21-23-16(12-31-21)15-10-19(29-5)18(28-4)9-14(15)3/h9-10,12-13,17H,6-8,11H2,1-5H3,(H,23,24,26). The van der Waals surface area contributed by atoms with Crippen LogP contribution in [0, 0.1) is 12.8 Å². The van der Waals surface area contributed by atoms with E-state index in [2.05, 4.69) is 10.3 Å². The van der Waals surface area contributed by atoms with Crippen LogP contribution in [0.15, 0.2) is 17.5 Å². The van der Waals surface area contributed by atoms with E-state index in [-0.39, 0.29) is 11.8 Å². The third-order valence-electron chi connectivity index (χ3n) is 5.07. The van der Waals surface area contributed by atoms with Gasteiger partial charge >= 0.3 is 6.09 Å². The number of hydrogen-bond donors (Lipinski definition) is 1. The maximum absolute atomic E-state index is 12.8. The van der Waals surface area contributed by atoms with Crippen LogP contribution in [0.4, 0.5) is 9.93 Å². The Hall–Kier alpha value is -2.81. The number of likely N-dealkylation sites (tertiary alicyclic amines) is 1. The van der Waals surface area contributed by atoms with Crippen molar-refractivity contribution >= 4 is 28.5 Å². The topological polar surface area (TPSA) is 90.0 Å². The Morgan fingerprint density at radius 1 is 1.26 bits per heavy atom. The fraction of sp³-hybridized carbons (Fsp3) is 0.500. The minimum Gasteiger partial charge on any atom is -0.493 e. The normalized spacial score (nSPS) is 15.8. The van der Waals surface area contributed by atoms with Crippen molar-refractivity contribution in [3.63, 3.8) is 0 Å². The van der Waals surface area contributed by atoms with Crippen LogP contribution >= 0.6 is 11.3 Å². The first kappa shape index (κ1) is 22.9. The van der Waals surface area contributed by atoms with Gasteiger partial charge in [-0.3, -0.25) is 9.69 Å². The molecule has 0 aliphatic carbocycles. The van der Waals surface area contributed by atoms with E-state index in [0.29, 0.717) is 36.2 Å². The van der Waals surface area contributed by atoms with Crippen LogP contribution in [0.1, 0.15) is 32.3 Å². The van der Waals surface area contributed by atoms with E-state index in [0.717, 1.165) is 23.2 Å². The van der Waals surface area contributed by atoms with Crippen molar-refractivity contribution in [3.05, 3.63) is 23.1 Å². The fourth-order valence-electron chi connectivity index (χ4n) is 3.48. The Balaban J connectivity index is 1.71. The van der Waals surface area contributed by atoms with Gasteiger partial charge in [-0.1, -0.05) is 13.8 Å². The third-order valence-corrected chi connectivity index (χ3v) is 5.83. The molecule has 1 aliphatic heterocycles. The molecule has 1 aromatic carbocycles. The predicted octanol–water partition coefficient (Wildman–Crippen LogP) is 4.33. The smallest absolute Gasteiger partial charge is 0.410 e. The van der Waals surface area contributed by atoms with Crippen LogP contribution in [0.2, 0.25) is 0 Å². The number of anilines is 1. The van der Waals surface area contributed by atoms with Gasteiger partial charge in [0.05, 0.1) is 26.5 Å². The number of nitrogens with one attached hydrogen (secondary N) is 1. The lowest BCUT2D eigenvalue weighted by Crippen LogP contribution is -2.43. The molecule has 0 saturated carbocycles. The van der Waals surface area contributed by atoms with E-state index in [1.54, 1.807) is 14.2 Å². The first-order valence-corrected chi connectivity index (χ1v) is 11.1. The summed E-state index contributed by atoms with van der Waals surface area (Å²) in [5, 5.41) is 5.22. The monoisotopic (exact) mass is 447 g/mol. The second-order valence-corrected chi connectivity index (χ2v) is 8.73. The first-order chi connectivity index (χ1) is 14.8. The number of thiazole rings is 1. The summed E-state index contributed by atoms with van der Waals surface area (Å²) < 4.78 is 16.0. The fourth-order valence-corrected chi connectivity index (χ4v) is 4.19. The van der Waals surface area contributed by atoms with Crippen LogP contribution in [-0.4, -0.2) is 55.3 Å². The molecule has 2 aromatic rings. The maximum Gasteiger partial charge on any atom is 0.410 e. The molecule has 0 spiro atoms. The van der Waals surface area contributed by atoms with Crippen LogP contribution in [-0.2, 0) is 9.53 Å². The maximum atomic E-state index is 12.8. The van der Waals surface area contributed by atoms with Crippen molar-refractivity contribution in [3.8, 4) is 22.8 Å². The van der Waals surface area contributed by atoms with Gasteiger partial charge in [0.15, 0.2) is 16.6 Å². The lowest BCUT2D eigenvalue weighted by atomic mass is 10.1. The molecule has 1 saturated heterocycles. The van der Waals surface area contributed by atoms with E-state index in [4.69, 9.17) is 14.2 Å². The minimum atomic E-state index is -0.546. The quantitative estimate of drug-likeness (QED) is 0.679. The number of carbonyl (C=O) groups excluding carboxylic acids is 2. The Morgan fingerprint density at radius 2 is 1.97 bits per heavy atom. The van der Waals surface area contributed by atoms with E-state index in [9.17, 15) is 9.59 Å². The highest BCUT2D eigenvalue weighted by Crippen LogP contribution is 2.36. The van der Waals surface area contributed by atoms with Gasteiger partial charge in [-0.15, -0.1) is 11.3 Å². The molecule has 9 heteroatoms. The van der Waals surface area contributed by atoms with Crippen LogP contribution in [0.25, 0.3) is 11.3 Å². The second-order valence-electron chi connectivity index (χ2n) is 7.87. The number of rotatable bonds is 7. The minimum absolute atomic E-state index is 0.243. The molecular formula is C22H29N3O5S. The van der Waals surface area contributed by atoms with Crippen molar-refractivity contribution in [2.24, 2.45) is 5.92 Å². The molecule has 2 heterocycles. The molecule has 8 nitrogen and oxygen atoms in total. The number of methoxy groups -OCH3 is 2. The molecule has 1 unspecified atom stereocenters. The lowest BCUT2D eigenvalue weighted by molar-refractivity contribution is -0.120. The van der Waals surface area contributed by atoms with E-state index in [1.807, 2.05) is 38.3 Å². The van der Waals surface area contributed by atoms with Gasteiger partial charge in [0.2, 0.25) is 5.91 Å². The molecule has 0 radical (unpaired) electrons. The molecule has 2 amide bonds. The summed E-state index contributed by atoms with van der Waals surface area (Å²) in [4.78, 5) is 31.3. The van der Waals surface area contributed by atoms with Crippen LogP contribution in [0.3, 0.4) is 0 Å². The Kier molecular flexibility index (Phi) is 7.37.